The number of nitrogens with one attached hydrogen (secondary N) is 1. The SMILES string of the molecule is Nc1cccc(Cl)c1NC1CN2CCC1CC2. The molecule has 1 aromatic carbocycles. The minimum Gasteiger partial charge on any atom is -0.397 e. The largest absolute Gasteiger partial charge is 0.397 e. The second kappa shape index (κ2) is 4.39. The van der Waals surface area contributed by atoms with Crippen molar-refractivity contribution in [2.45, 2.75) is 18.9 Å². The van der Waals surface area contributed by atoms with Gasteiger partial charge in [0, 0.05) is 12.6 Å². The van der Waals surface area contributed by atoms with Gasteiger partial charge in [-0.05, 0) is 44.0 Å². The van der Waals surface area contributed by atoms with Crippen molar-refractivity contribution in [2.75, 3.05) is 30.7 Å². The van der Waals surface area contributed by atoms with E-state index in [0.717, 1.165) is 28.9 Å². The predicted molar refractivity (Wildman–Crippen MR) is 72.4 cm³/mol. The molecule has 0 aromatic heterocycles. The molecule has 3 fully saturated rings. The normalized spacial score (nSPS) is 31.5. The molecule has 0 aliphatic carbocycles. The number of nitrogens with two attached hydrogens (primary N) is 1. The number of para-hydroxylation sites is 1. The van der Waals surface area contributed by atoms with Crippen molar-refractivity contribution in [3.8, 4) is 0 Å². The zero-order valence-electron chi connectivity index (χ0n) is 9.82. The van der Waals surface area contributed by atoms with E-state index in [2.05, 4.69) is 10.2 Å². The van der Waals surface area contributed by atoms with Gasteiger partial charge in [-0.2, -0.15) is 0 Å². The molecule has 4 heteroatoms. The van der Waals surface area contributed by atoms with Crippen LogP contribution in [-0.2, 0) is 0 Å². The fraction of sp³-hybridized carbons (Fsp3) is 0.538. The van der Waals surface area contributed by atoms with Crippen LogP contribution in [0.25, 0.3) is 0 Å². The van der Waals surface area contributed by atoms with Gasteiger partial charge in [0.05, 0.1) is 16.4 Å². The van der Waals surface area contributed by atoms with Gasteiger partial charge in [0.1, 0.15) is 0 Å². The van der Waals surface area contributed by atoms with E-state index in [1.807, 2.05) is 18.2 Å². The van der Waals surface area contributed by atoms with Gasteiger partial charge in [0.2, 0.25) is 0 Å². The summed E-state index contributed by atoms with van der Waals surface area (Å²) < 4.78 is 0. The van der Waals surface area contributed by atoms with Crippen LogP contribution in [0.1, 0.15) is 12.8 Å². The van der Waals surface area contributed by atoms with Crippen molar-refractivity contribution in [1.82, 2.24) is 4.90 Å². The number of nitrogens with zero attached hydrogens (tertiary/aromatic N) is 1. The van der Waals surface area contributed by atoms with Crippen LogP contribution in [-0.4, -0.2) is 30.6 Å². The average Bonchev–Trinajstić information content (AvgIpc) is 2.36. The third-order valence-electron chi connectivity index (χ3n) is 4.03. The maximum Gasteiger partial charge on any atom is 0.0765 e. The van der Waals surface area contributed by atoms with Crippen molar-refractivity contribution in [2.24, 2.45) is 5.92 Å². The van der Waals surface area contributed by atoms with Crippen molar-refractivity contribution >= 4 is 23.0 Å². The van der Waals surface area contributed by atoms with Gasteiger partial charge in [-0.15, -0.1) is 0 Å². The molecule has 3 N–H and O–H groups in total. The summed E-state index contributed by atoms with van der Waals surface area (Å²) in [5, 5.41) is 4.27. The number of hydrogen-bond acceptors (Lipinski definition) is 3. The number of halogens is 1. The molecule has 2 bridgehead atoms. The van der Waals surface area contributed by atoms with Gasteiger partial charge in [-0.25, -0.2) is 0 Å². The number of piperidine rings is 3. The van der Waals surface area contributed by atoms with Crippen molar-refractivity contribution in [3.05, 3.63) is 23.2 Å². The van der Waals surface area contributed by atoms with E-state index < -0.39 is 0 Å². The highest BCUT2D eigenvalue weighted by Gasteiger charge is 2.34. The zero-order chi connectivity index (χ0) is 11.8. The lowest BCUT2D eigenvalue weighted by Crippen LogP contribution is -2.53. The van der Waals surface area contributed by atoms with Crippen LogP contribution in [0.2, 0.25) is 5.02 Å². The van der Waals surface area contributed by atoms with E-state index in [0.29, 0.717) is 6.04 Å². The molecule has 1 unspecified atom stereocenters. The maximum absolute atomic E-state index is 6.19. The van der Waals surface area contributed by atoms with E-state index >= 15 is 0 Å². The fourth-order valence-corrected chi connectivity index (χ4v) is 3.24. The lowest BCUT2D eigenvalue weighted by atomic mass is 9.84. The summed E-state index contributed by atoms with van der Waals surface area (Å²) in [6.45, 7) is 3.62. The second-order valence-corrected chi connectivity index (χ2v) is 5.50. The molecule has 3 nitrogen and oxygen atoms in total. The number of fused-ring (bicyclic) bond motifs is 3. The molecule has 0 saturated carbocycles. The van der Waals surface area contributed by atoms with Crippen LogP contribution in [0.3, 0.4) is 0 Å². The van der Waals surface area contributed by atoms with E-state index in [1.165, 1.54) is 25.9 Å². The highest BCUT2D eigenvalue weighted by Crippen LogP contribution is 2.34. The van der Waals surface area contributed by atoms with Gasteiger partial charge < -0.3 is 16.0 Å². The van der Waals surface area contributed by atoms with Gasteiger partial charge in [0.25, 0.3) is 0 Å². The molecular weight excluding hydrogens is 234 g/mol. The first-order chi connectivity index (χ1) is 8.24. The number of nitrogen functional groups attached to an aromatic ring is 1. The van der Waals surface area contributed by atoms with Crippen LogP contribution in [0.4, 0.5) is 11.4 Å². The van der Waals surface area contributed by atoms with Crippen LogP contribution in [0.5, 0.6) is 0 Å². The Balaban J connectivity index is 1.79. The van der Waals surface area contributed by atoms with Crippen LogP contribution in [0.15, 0.2) is 18.2 Å². The molecule has 3 aliphatic heterocycles. The maximum atomic E-state index is 6.19. The molecule has 0 spiro atoms. The monoisotopic (exact) mass is 251 g/mol. The minimum absolute atomic E-state index is 0.500. The summed E-state index contributed by atoms with van der Waals surface area (Å²) in [4.78, 5) is 2.52. The molecule has 3 saturated heterocycles. The molecule has 3 heterocycles. The van der Waals surface area contributed by atoms with E-state index in [9.17, 15) is 0 Å². The van der Waals surface area contributed by atoms with Crippen molar-refractivity contribution < 1.29 is 0 Å². The van der Waals surface area contributed by atoms with Crippen molar-refractivity contribution in [1.29, 1.82) is 0 Å². The molecule has 1 atom stereocenters. The lowest BCUT2D eigenvalue weighted by molar-refractivity contribution is 0.0975. The van der Waals surface area contributed by atoms with E-state index in [4.69, 9.17) is 17.3 Å². The van der Waals surface area contributed by atoms with Crippen LogP contribution in [0, 0.1) is 5.92 Å². The molecule has 17 heavy (non-hydrogen) atoms. The Morgan fingerprint density at radius 3 is 2.65 bits per heavy atom. The van der Waals surface area contributed by atoms with Crippen molar-refractivity contribution in [3.63, 3.8) is 0 Å². The third-order valence-corrected chi connectivity index (χ3v) is 4.35. The minimum atomic E-state index is 0.500. The lowest BCUT2D eigenvalue weighted by Gasteiger charge is -2.45. The number of benzene rings is 1. The Bertz CT molecular complexity index is 393. The van der Waals surface area contributed by atoms with Gasteiger partial charge in [0.15, 0.2) is 0 Å². The third kappa shape index (κ3) is 2.09. The number of anilines is 2. The molecule has 1 aromatic rings. The van der Waals surface area contributed by atoms with E-state index in [1.54, 1.807) is 0 Å². The Hall–Kier alpha value is -0.930. The highest BCUT2D eigenvalue weighted by molar-refractivity contribution is 6.33. The topological polar surface area (TPSA) is 41.3 Å². The highest BCUT2D eigenvalue weighted by atomic mass is 35.5. The fourth-order valence-electron chi connectivity index (χ4n) is 3.01. The molecule has 0 radical (unpaired) electrons. The summed E-state index contributed by atoms with van der Waals surface area (Å²) in [6, 6.07) is 6.18. The molecule has 4 rings (SSSR count). The van der Waals surface area contributed by atoms with Gasteiger partial charge >= 0.3 is 0 Å². The first-order valence-electron chi connectivity index (χ1n) is 6.27. The Kier molecular flexibility index (Phi) is 2.89. The summed E-state index contributed by atoms with van der Waals surface area (Å²) >= 11 is 6.19. The molecule has 0 amide bonds. The summed E-state index contributed by atoms with van der Waals surface area (Å²) in [6.07, 6.45) is 2.59. The van der Waals surface area contributed by atoms with E-state index in [-0.39, 0.29) is 0 Å². The number of rotatable bonds is 2. The summed E-state index contributed by atoms with van der Waals surface area (Å²) in [5.41, 5.74) is 7.63. The van der Waals surface area contributed by atoms with Gasteiger partial charge in [-0.3, -0.25) is 0 Å². The zero-order valence-corrected chi connectivity index (χ0v) is 10.6. The smallest absolute Gasteiger partial charge is 0.0765 e. The second-order valence-electron chi connectivity index (χ2n) is 5.09. The standard InChI is InChI=1S/C13H18ClN3/c14-10-2-1-3-11(15)13(10)16-12-8-17-6-4-9(12)5-7-17/h1-3,9,12,16H,4-8,15H2. The predicted octanol–water partition coefficient (Wildman–Crippen LogP) is 2.43. The molecular formula is C13H18ClN3. The molecule has 92 valence electrons. The number of hydrogen-bond donors (Lipinski definition) is 2. The quantitative estimate of drug-likeness (QED) is 0.794. The first-order valence-corrected chi connectivity index (χ1v) is 6.65. The first kappa shape index (κ1) is 11.2. The molecule has 3 aliphatic rings. The summed E-state index contributed by atoms with van der Waals surface area (Å²) in [5.74, 6) is 0.774. The van der Waals surface area contributed by atoms with Gasteiger partial charge in [-0.1, -0.05) is 17.7 Å². The summed E-state index contributed by atoms with van der Waals surface area (Å²) in [7, 11) is 0. The Morgan fingerprint density at radius 1 is 1.29 bits per heavy atom. The Labute approximate surface area is 107 Å². The van der Waals surface area contributed by atoms with Crippen LogP contribution < -0.4 is 11.1 Å². The van der Waals surface area contributed by atoms with Crippen LogP contribution >= 0.6 is 11.6 Å². The average molecular weight is 252 g/mol. The Morgan fingerprint density at radius 2 is 2.06 bits per heavy atom.